The first kappa shape index (κ1) is 16.0. The van der Waals surface area contributed by atoms with Crippen molar-refractivity contribution >= 4 is 29.5 Å². The summed E-state index contributed by atoms with van der Waals surface area (Å²) in [6.07, 6.45) is 0.443. The van der Waals surface area contributed by atoms with Gasteiger partial charge in [0.05, 0.1) is 6.04 Å². The highest BCUT2D eigenvalue weighted by Gasteiger charge is 2.20. The molecule has 1 rings (SSSR count). The molecule has 7 heteroatoms. The smallest absolute Gasteiger partial charge is 0.306 e. The molecule has 0 aromatic carbocycles. The number of hydrogen-bond donors (Lipinski definition) is 1. The van der Waals surface area contributed by atoms with Crippen molar-refractivity contribution in [2.24, 2.45) is 5.73 Å². The van der Waals surface area contributed by atoms with Gasteiger partial charge in [0, 0.05) is 24.3 Å². The molecule has 1 heterocycles. The van der Waals surface area contributed by atoms with Gasteiger partial charge in [0.1, 0.15) is 18.5 Å². The first-order valence-corrected chi connectivity index (χ1v) is 7.33. The summed E-state index contributed by atoms with van der Waals surface area (Å²) < 4.78 is 10.2. The number of carbonyl (C=O) groups excluding carboxylic acids is 3. The highest BCUT2D eigenvalue weighted by Crippen LogP contribution is 2.12. The number of nitrogens with two attached hydrogens (primary N) is 1. The molecule has 1 fully saturated rings. The van der Waals surface area contributed by atoms with Crippen LogP contribution in [0.15, 0.2) is 0 Å². The maximum absolute atomic E-state index is 11.4. The van der Waals surface area contributed by atoms with Crippen LogP contribution in [0, 0.1) is 0 Å². The van der Waals surface area contributed by atoms with E-state index in [4.69, 9.17) is 15.2 Å². The fourth-order valence-corrected chi connectivity index (χ4v) is 2.49. The molecule has 0 aliphatic carbocycles. The van der Waals surface area contributed by atoms with E-state index >= 15 is 0 Å². The van der Waals surface area contributed by atoms with E-state index in [0.717, 1.165) is 0 Å². The van der Waals surface area contributed by atoms with Crippen molar-refractivity contribution in [1.82, 2.24) is 0 Å². The van der Waals surface area contributed by atoms with E-state index in [1.54, 1.807) is 0 Å². The van der Waals surface area contributed by atoms with Crippen LogP contribution in [0.5, 0.6) is 0 Å². The molecule has 0 bridgehead atoms. The molecule has 108 valence electrons. The number of thioether (sulfide) groups is 1. The van der Waals surface area contributed by atoms with E-state index in [-0.39, 0.29) is 37.2 Å². The molecule has 0 saturated carbocycles. The number of cyclic esters (lactones) is 2. The van der Waals surface area contributed by atoms with Gasteiger partial charge in [-0.05, 0) is 13.3 Å². The van der Waals surface area contributed by atoms with Crippen molar-refractivity contribution in [3.8, 4) is 0 Å². The van der Waals surface area contributed by atoms with Gasteiger partial charge < -0.3 is 15.2 Å². The number of esters is 2. The molecule has 1 aliphatic heterocycles. The maximum Gasteiger partial charge on any atom is 0.306 e. The summed E-state index contributed by atoms with van der Waals surface area (Å²) in [6, 6.07) is -0.514. The van der Waals surface area contributed by atoms with Gasteiger partial charge in [-0.2, -0.15) is 11.8 Å². The summed E-state index contributed by atoms with van der Waals surface area (Å²) in [7, 11) is 0. The second-order valence-electron chi connectivity index (χ2n) is 4.40. The molecule has 2 atom stereocenters. The standard InChI is InChI=1S/C12H19NO5S/c1-8(14)10(13)7-19-6-9-5-17-11(15)3-2-4-12(16)18-9/h9-10H,2-7,13H2,1H3. The van der Waals surface area contributed by atoms with E-state index in [9.17, 15) is 14.4 Å². The van der Waals surface area contributed by atoms with E-state index in [1.165, 1.54) is 18.7 Å². The molecule has 2 unspecified atom stereocenters. The fourth-order valence-electron chi connectivity index (χ4n) is 1.44. The SMILES string of the molecule is CC(=O)C(N)CSCC1COC(=O)CCCC(=O)O1. The summed E-state index contributed by atoms with van der Waals surface area (Å²) in [5, 5.41) is 0. The molecule has 0 radical (unpaired) electrons. The van der Waals surface area contributed by atoms with Crippen LogP contribution in [0.3, 0.4) is 0 Å². The van der Waals surface area contributed by atoms with Crippen molar-refractivity contribution in [1.29, 1.82) is 0 Å². The molecule has 1 saturated heterocycles. The van der Waals surface area contributed by atoms with Gasteiger partial charge in [-0.25, -0.2) is 0 Å². The number of Topliss-reactive ketones (excluding diaryl/α,β-unsaturated/α-hetero) is 1. The quantitative estimate of drug-likeness (QED) is 0.726. The average molecular weight is 289 g/mol. The van der Waals surface area contributed by atoms with Gasteiger partial charge in [-0.1, -0.05) is 0 Å². The largest absolute Gasteiger partial charge is 0.462 e. The zero-order chi connectivity index (χ0) is 14.3. The molecule has 0 amide bonds. The minimum Gasteiger partial charge on any atom is -0.462 e. The molecular formula is C12H19NO5S. The fraction of sp³-hybridized carbons (Fsp3) is 0.750. The second kappa shape index (κ2) is 8.16. The van der Waals surface area contributed by atoms with Gasteiger partial charge in [-0.3, -0.25) is 14.4 Å². The lowest BCUT2D eigenvalue weighted by molar-refractivity contribution is -0.154. The summed E-state index contributed by atoms with van der Waals surface area (Å²) in [4.78, 5) is 33.7. The topological polar surface area (TPSA) is 95.7 Å². The van der Waals surface area contributed by atoms with Gasteiger partial charge >= 0.3 is 11.9 Å². The third-order valence-electron chi connectivity index (χ3n) is 2.61. The Morgan fingerprint density at radius 2 is 2.11 bits per heavy atom. The van der Waals surface area contributed by atoms with Crippen LogP contribution in [0.2, 0.25) is 0 Å². The number of ether oxygens (including phenoxy) is 2. The van der Waals surface area contributed by atoms with Gasteiger partial charge in [0.25, 0.3) is 0 Å². The lowest BCUT2D eigenvalue weighted by Gasteiger charge is -2.17. The molecule has 2 N–H and O–H groups in total. The monoisotopic (exact) mass is 289 g/mol. The Morgan fingerprint density at radius 1 is 1.42 bits per heavy atom. The van der Waals surface area contributed by atoms with Crippen LogP contribution in [0.1, 0.15) is 26.2 Å². The minimum atomic E-state index is -0.514. The van der Waals surface area contributed by atoms with Crippen LogP contribution >= 0.6 is 11.8 Å². The van der Waals surface area contributed by atoms with Gasteiger partial charge in [-0.15, -0.1) is 0 Å². The third-order valence-corrected chi connectivity index (χ3v) is 3.82. The Hall–Kier alpha value is -1.08. The molecule has 0 aromatic rings. The zero-order valence-corrected chi connectivity index (χ0v) is 11.7. The number of ketones is 1. The highest BCUT2D eigenvalue weighted by molar-refractivity contribution is 7.99. The van der Waals surface area contributed by atoms with Crippen LogP contribution in [0.4, 0.5) is 0 Å². The summed E-state index contributed by atoms with van der Waals surface area (Å²) >= 11 is 1.41. The van der Waals surface area contributed by atoms with E-state index in [0.29, 0.717) is 17.9 Å². The predicted octanol–water partition coefficient (Wildman–Crippen LogP) is 0.275. The lowest BCUT2D eigenvalue weighted by Crippen LogP contribution is -2.32. The van der Waals surface area contributed by atoms with Crippen LogP contribution in [0.25, 0.3) is 0 Å². The van der Waals surface area contributed by atoms with Crippen molar-refractivity contribution in [2.45, 2.75) is 38.3 Å². The van der Waals surface area contributed by atoms with Crippen LogP contribution in [-0.4, -0.2) is 48.0 Å². The Morgan fingerprint density at radius 3 is 2.79 bits per heavy atom. The zero-order valence-electron chi connectivity index (χ0n) is 10.9. The van der Waals surface area contributed by atoms with Crippen molar-refractivity contribution in [2.75, 3.05) is 18.1 Å². The Kier molecular flexibility index (Phi) is 6.86. The van der Waals surface area contributed by atoms with Gasteiger partial charge in [0.2, 0.25) is 0 Å². The van der Waals surface area contributed by atoms with Gasteiger partial charge in [0.15, 0.2) is 0 Å². The molecule has 19 heavy (non-hydrogen) atoms. The summed E-state index contributed by atoms with van der Waals surface area (Å²) in [5.74, 6) is 0.205. The first-order valence-electron chi connectivity index (χ1n) is 6.18. The molecular weight excluding hydrogens is 270 g/mol. The number of rotatable bonds is 5. The molecule has 0 aromatic heterocycles. The Labute approximate surface area is 116 Å². The third kappa shape index (κ3) is 6.58. The normalized spacial score (nSPS) is 22.5. The van der Waals surface area contributed by atoms with E-state index in [2.05, 4.69) is 0 Å². The molecule has 0 spiro atoms. The minimum absolute atomic E-state index is 0.0624. The molecule has 1 aliphatic rings. The highest BCUT2D eigenvalue weighted by atomic mass is 32.2. The Bertz CT molecular complexity index is 347. The van der Waals surface area contributed by atoms with Crippen LogP contribution in [-0.2, 0) is 23.9 Å². The maximum atomic E-state index is 11.4. The van der Waals surface area contributed by atoms with Crippen molar-refractivity contribution in [3.63, 3.8) is 0 Å². The predicted molar refractivity (Wildman–Crippen MR) is 70.7 cm³/mol. The second-order valence-corrected chi connectivity index (χ2v) is 5.48. The first-order chi connectivity index (χ1) is 8.99. The number of hydrogen-bond acceptors (Lipinski definition) is 7. The van der Waals surface area contributed by atoms with E-state index in [1.807, 2.05) is 0 Å². The Balaban J connectivity index is 2.38. The van der Waals surface area contributed by atoms with Crippen molar-refractivity contribution < 1.29 is 23.9 Å². The van der Waals surface area contributed by atoms with Crippen molar-refractivity contribution in [3.05, 3.63) is 0 Å². The molecule has 6 nitrogen and oxygen atoms in total. The van der Waals surface area contributed by atoms with E-state index < -0.39 is 12.1 Å². The van der Waals surface area contributed by atoms with Crippen LogP contribution < -0.4 is 5.73 Å². The number of carbonyl (C=O) groups is 3. The summed E-state index contributed by atoms with van der Waals surface area (Å²) in [6.45, 7) is 1.50. The average Bonchev–Trinajstić information content (AvgIpc) is 2.41. The lowest BCUT2D eigenvalue weighted by atomic mass is 10.2. The summed E-state index contributed by atoms with van der Waals surface area (Å²) in [5.41, 5.74) is 5.60.